The van der Waals surface area contributed by atoms with Gasteiger partial charge in [-0.15, -0.1) is 0 Å². The molecule has 0 bridgehead atoms. The zero-order valence-corrected chi connectivity index (χ0v) is 16.9. The third-order valence-corrected chi connectivity index (χ3v) is 5.00. The van der Waals surface area contributed by atoms with Crippen molar-refractivity contribution in [2.45, 2.75) is 13.8 Å². The Morgan fingerprint density at radius 3 is 2.58 bits per heavy atom. The first-order valence-electron chi connectivity index (χ1n) is 7.82. The molecule has 2 amide bonds. The predicted molar refractivity (Wildman–Crippen MR) is 101 cm³/mol. The van der Waals surface area contributed by atoms with Crippen molar-refractivity contribution in [3.05, 3.63) is 27.1 Å². The fraction of sp³-hybridized carbons (Fsp3) is 0.353. The van der Waals surface area contributed by atoms with E-state index in [1.165, 1.54) is 12.0 Å². The third kappa shape index (κ3) is 4.59. The number of carbonyl (C=O) groups is 3. The molecule has 2 rings (SSSR count). The predicted octanol–water partition coefficient (Wildman–Crippen LogP) is 3.46. The van der Waals surface area contributed by atoms with E-state index in [9.17, 15) is 14.4 Å². The second kappa shape index (κ2) is 9.09. The van der Waals surface area contributed by atoms with Gasteiger partial charge >= 0.3 is 5.97 Å². The van der Waals surface area contributed by atoms with Gasteiger partial charge in [-0.25, -0.2) is 4.79 Å². The Kier molecular flexibility index (Phi) is 7.10. The molecule has 1 aromatic rings. The standard InChI is InChI=1S/C17H18BrNO6S/c1-4-19-16(21)14(26-17(19)22)7-10-6-12(23-3)13(8-11(10)18)25-9-15(20)24-5-2/h6-8H,4-5,9H2,1-3H3/b14-7-. The van der Waals surface area contributed by atoms with Gasteiger partial charge in [0.2, 0.25) is 0 Å². The SMILES string of the molecule is CCOC(=O)COc1cc(Br)c(/C=C2\SC(=O)N(CC)C2=O)cc1OC. The molecule has 0 saturated carbocycles. The maximum Gasteiger partial charge on any atom is 0.344 e. The summed E-state index contributed by atoms with van der Waals surface area (Å²) in [4.78, 5) is 37.0. The summed E-state index contributed by atoms with van der Waals surface area (Å²) in [5.74, 6) is -0.0660. The molecule has 0 unspecified atom stereocenters. The van der Waals surface area contributed by atoms with Crippen molar-refractivity contribution in [1.29, 1.82) is 0 Å². The van der Waals surface area contributed by atoms with E-state index >= 15 is 0 Å². The van der Waals surface area contributed by atoms with Crippen molar-refractivity contribution in [3.8, 4) is 11.5 Å². The summed E-state index contributed by atoms with van der Waals surface area (Å²) in [7, 11) is 1.47. The molecule has 7 nitrogen and oxygen atoms in total. The Morgan fingerprint density at radius 1 is 1.27 bits per heavy atom. The van der Waals surface area contributed by atoms with Crippen molar-refractivity contribution in [2.75, 3.05) is 26.9 Å². The van der Waals surface area contributed by atoms with E-state index in [1.807, 2.05) is 0 Å². The zero-order valence-electron chi connectivity index (χ0n) is 14.5. The molecule has 1 aliphatic heterocycles. The van der Waals surface area contributed by atoms with Gasteiger partial charge in [0, 0.05) is 11.0 Å². The Bertz CT molecular complexity index is 764. The van der Waals surface area contributed by atoms with Gasteiger partial charge in [0.05, 0.1) is 18.6 Å². The van der Waals surface area contributed by atoms with Crippen molar-refractivity contribution >= 4 is 50.9 Å². The van der Waals surface area contributed by atoms with E-state index in [0.29, 0.717) is 33.0 Å². The molecule has 26 heavy (non-hydrogen) atoms. The summed E-state index contributed by atoms with van der Waals surface area (Å²) in [5.41, 5.74) is 0.645. The number of thioether (sulfide) groups is 1. The number of hydrogen-bond donors (Lipinski definition) is 0. The number of amides is 2. The van der Waals surface area contributed by atoms with Crippen LogP contribution in [0.3, 0.4) is 0 Å². The van der Waals surface area contributed by atoms with Gasteiger partial charge in [-0.3, -0.25) is 14.5 Å². The topological polar surface area (TPSA) is 82.1 Å². The Labute approximate surface area is 163 Å². The number of benzene rings is 1. The average molecular weight is 444 g/mol. The lowest BCUT2D eigenvalue weighted by atomic mass is 10.2. The first kappa shape index (κ1) is 20.3. The van der Waals surface area contributed by atoms with Crippen LogP contribution >= 0.6 is 27.7 Å². The van der Waals surface area contributed by atoms with Gasteiger partial charge < -0.3 is 14.2 Å². The van der Waals surface area contributed by atoms with Crippen LogP contribution in [-0.4, -0.2) is 48.9 Å². The van der Waals surface area contributed by atoms with Crippen LogP contribution < -0.4 is 9.47 Å². The molecule has 140 valence electrons. The average Bonchev–Trinajstić information content (AvgIpc) is 2.88. The number of likely N-dealkylation sites (N-methyl/N-ethyl adjacent to an activating group) is 1. The van der Waals surface area contributed by atoms with Crippen molar-refractivity contribution in [1.82, 2.24) is 4.90 Å². The highest BCUT2D eigenvalue weighted by Crippen LogP contribution is 2.37. The van der Waals surface area contributed by atoms with Crippen molar-refractivity contribution < 1.29 is 28.6 Å². The van der Waals surface area contributed by atoms with Crippen LogP contribution in [-0.2, 0) is 14.3 Å². The normalized spacial score (nSPS) is 15.5. The first-order chi connectivity index (χ1) is 12.4. The van der Waals surface area contributed by atoms with Gasteiger partial charge in [0.25, 0.3) is 11.1 Å². The van der Waals surface area contributed by atoms with Crippen LogP contribution in [0.15, 0.2) is 21.5 Å². The number of nitrogens with zero attached hydrogens (tertiary/aromatic N) is 1. The first-order valence-corrected chi connectivity index (χ1v) is 9.43. The molecule has 1 saturated heterocycles. The minimum atomic E-state index is -0.483. The fourth-order valence-electron chi connectivity index (χ4n) is 2.19. The lowest BCUT2D eigenvalue weighted by Crippen LogP contribution is -2.27. The largest absolute Gasteiger partial charge is 0.493 e. The van der Waals surface area contributed by atoms with Crippen LogP contribution in [0.25, 0.3) is 6.08 Å². The third-order valence-electron chi connectivity index (χ3n) is 3.41. The molecule has 1 aliphatic rings. The number of esters is 1. The maximum atomic E-state index is 12.2. The number of imide groups is 1. The molecule has 0 radical (unpaired) electrons. The molecular weight excluding hydrogens is 426 g/mol. The van der Waals surface area contributed by atoms with Gasteiger partial charge in [-0.1, -0.05) is 15.9 Å². The fourth-order valence-corrected chi connectivity index (χ4v) is 3.52. The van der Waals surface area contributed by atoms with E-state index in [0.717, 1.165) is 11.8 Å². The molecule has 1 heterocycles. The van der Waals surface area contributed by atoms with Crippen molar-refractivity contribution in [2.24, 2.45) is 0 Å². The number of halogens is 1. The van der Waals surface area contributed by atoms with Crippen LogP contribution in [0, 0.1) is 0 Å². The van der Waals surface area contributed by atoms with Gasteiger partial charge in [-0.05, 0) is 49.4 Å². The monoisotopic (exact) mass is 443 g/mol. The number of hydrogen-bond acceptors (Lipinski definition) is 7. The molecule has 9 heteroatoms. The second-order valence-corrected chi connectivity index (χ2v) is 6.89. The maximum absolute atomic E-state index is 12.2. The molecule has 1 aromatic carbocycles. The number of ether oxygens (including phenoxy) is 3. The van der Waals surface area contributed by atoms with Crippen LogP contribution in [0.5, 0.6) is 11.5 Å². The summed E-state index contributed by atoms with van der Waals surface area (Å²) in [6, 6.07) is 3.29. The van der Waals surface area contributed by atoms with Crippen molar-refractivity contribution in [3.63, 3.8) is 0 Å². The van der Waals surface area contributed by atoms with E-state index in [2.05, 4.69) is 15.9 Å². The van der Waals surface area contributed by atoms with Crippen LogP contribution in [0.4, 0.5) is 4.79 Å². The zero-order chi connectivity index (χ0) is 19.3. The summed E-state index contributed by atoms with van der Waals surface area (Å²) in [6.07, 6.45) is 1.61. The highest BCUT2D eigenvalue weighted by molar-refractivity contribution is 9.10. The Hall–Kier alpha value is -2.00. The number of carbonyl (C=O) groups excluding carboxylic acids is 3. The molecular formula is C17H18BrNO6S. The second-order valence-electron chi connectivity index (χ2n) is 5.04. The van der Waals surface area contributed by atoms with Gasteiger partial charge in [0.1, 0.15) is 0 Å². The van der Waals surface area contributed by atoms with E-state index in [-0.39, 0.29) is 24.4 Å². The van der Waals surface area contributed by atoms with Crippen LogP contribution in [0.2, 0.25) is 0 Å². The quantitative estimate of drug-likeness (QED) is 0.471. The minimum absolute atomic E-state index is 0.245. The molecule has 0 N–H and O–H groups in total. The van der Waals surface area contributed by atoms with Gasteiger partial charge in [0.15, 0.2) is 18.1 Å². The van der Waals surface area contributed by atoms with E-state index in [4.69, 9.17) is 14.2 Å². The lowest BCUT2D eigenvalue weighted by Gasteiger charge is -2.12. The highest BCUT2D eigenvalue weighted by Gasteiger charge is 2.33. The lowest BCUT2D eigenvalue weighted by molar-refractivity contribution is -0.145. The molecule has 0 aliphatic carbocycles. The minimum Gasteiger partial charge on any atom is -0.493 e. The molecule has 0 aromatic heterocycles. The summed E-state index contributed by atoms with van der Waals surface area (Å²) in [5, 5.41) is -0.291. The molecule has 0 spiro atoms. The van der Waals surface area contributed by atoms with Crippen LogP contribution in [0.1, 0.15) is 19.4 Å². The van der Waals surface area contributed by atoms with Gasteiger partial charge in [-0.2, -0.15) is 0 Å². The van der Waals surface area contributed by atoms with E-state index in [1.54, 1.807) is 32.1 Å². The summed E-state index contributed by atoms with van der Waals surface area (Å²) >= 11 is 4.30. The Morgan fingerprint density at radius 2 is 2.00 bits per heavy atom. The molecule has 1 fully saturated rings. The molecule has 0 atom stereocenters. The number of methoxy groups -OCH3 is 1. The summed E-state index contributed by atoms with van der Waals surface area (Å²) < 4.78 is 16.2. The Balaban J connectivity index is 2.26. The van der Waals surface area contributed by atoms with E-state index < -0.39 is 5.97 Å². The highest BCUT2D eigenvalue weighted by atomic mass is 79.9. The number of rotatable bonds is 7. The summed E-state index contributed by atoms with van der Waals surface area (Å²) in [6.45, 7) is 3.81. The smallest absolute Gasteiger partial charge is 0.344 e.